The normalized spacial score (nSPS) is 11.5. The average molecular weight is 485 g/mol. The largest absolute Gasteiger partial charge is 0.496 e. The molecule has 0 spiro atoms. The Labute approximate surface area is 201 Å². The van der Waals surface area contributed by atoms with Crippen LogP contribution >= 0.6 is 0 Å². The topological polar surface area (TPSA) is 94.1 Å². The number of carbonyl (C=O) groups is 2. The Hall–Kier alpha value is -3.98. The Morgan fingerprint density at radius 2 is 1.49 bits per heavy atom. The third-order valence-corrected chi connectivity index (χ3v) is 5.41. The highest BCUT2D eigenvalue weighted by molar-refractivity contribution is 5.97. The molecule has 0 fully saturated rings. The van der Waals surface area contributed by atoms with Gasteiger partial charge in [-0.25, -0.2) is 13.6 Å². The van der Waals surface area contributed by atoms with Crippen LogP contribution in [0.4, 0.5) is 8.78 Å². The van der Waals surface area contributed by atoms with E-state index in [1.54, 1.807) is 36.4 Å². The van der Waals surface area contributed by atoms with Gasteiger partial charge in [0.25, 0.3) is 5.91 Å². The van der Waals surface area contributed by atoms with Gasteiger partial charge in [-0.15, -0.1) is 0 Å². The minimum atomic E-state index is -1.18. The molecule has 0 unspecified atom stereocenters. The highest BCUT2D eigenvalue weighted by atomic mass is 19.1. The van der Waals surface area contributed by atoms with E-state index in [1.165, 1.54) is 14.2 Å². The second-order valence-electron chi connectivity index (χ2n) is 7.58. The molecule has 0 saturated heterocycles. The molecule has 3 rings (SSSR count). The van der Waals surface area contributed by atoms with E-state index in [9.17, 15) is 23.5 Å². The number of esters is 1. The van der Waals surface area contributed by atoms with Gasteiger partial charge in [0.05, 0.1) is 33.5 Å². The molecule has 0 aliphatic carbocycles. The fourth-order valence-corrected chi connectivity index (χ4v) is 3.67. The molecule has 2 N–H and O–H groups in total. The van der Waals surface area contributed by atoms with Crippen molar-refractivity contribution in [1.29, 1.82) is 0 Å². The molecule has 9 heteroatoms. The number of nitrogens with one attached hydrogen (secondary N) is 1. The van der Waals surface area contributed by atoms with Crippen LogP contribution in [0.25, 0.3) is 11.1 Å². The van der Waals surface area contributed by atoms with Gasteiger partial charge in [0.15, 0.2) is 0 Å². The van der Waals surface area contributed by atoms with E-state index < -0.39 is 35.1 Å². The first-order chi connectivity index (χ1) is 16.8. The van der Waals surface area contributed by atoms with Crippen molar-refractivity contribution in [2.45, 2.75) is 19.1 Å². The summed E-state index contributed by atoms with van der Waals surface area (Å²) in [5.41, 5.74) is 1.93. The van der Waals surface area contributed by atoms with Crippen molar-refractivity contribution >= 4 is 11.9 Å². The van der Waals surface area contributed by atoms with Gasteiger partial charge in [-0.2, -0.15) is 0 Å². The van der Waals surface area contributed by atoms with E-state index in [0.29, 0.717) is 28.2 Å². The van der Waals surface area contributed by atoms with Gasteiger partial charge < -0.3 is 24.6 Å². The van der Waals surface area contributed by atoms with E-state index in [0.717, 1.165) is 30.9 Å². The zero-order valence-electron chi connectivity index (χ0n) is 19.4. The SMILES string of the molecule is COC(=O)[C@H](Cc1ccc(-c2c(OC)cc(CO)cc2OC)cc1)NC(=O)c1c(F)cccc1F. The number of halogens is 2. The smallest absolute Gasteiger partial charge is 0.328 e. The third kappa shape index (κ3) is 5.75. The Morgan fingerprint density at radius 1 is 0.914 bits per heavy atom. The molecular weight excluding hydrogens is 460 g/mol. The Balaban J connectivity index is 1.87. The lowest BCUT2D eigenvalue weighted by Crippen LogP contribution is -2.43. The van der Waals surface area contributed by atoms with Crippen LogP contribution in [-0.2, 0) is 22.6 Å². The monoisotopic (exact) mass is 485 g/mol. The number of aliphatic hydroxyl groups is 1. The molecule has 0 saturated carbocycles. The minimum Gasteiger partial charge on any atom is -0.496 e. The summed E-state index contributed by atoms with van der Waals surface area (Å²) in [4.78, 5) is 24.8. The van der Waals surface area contributed by atoms with Crippen LogP contribution < -0.4 is 14.8 Å². The summed E-state index contributed by atoms with van der Waals surface area (Å²) in [6.07, 6.45) is 0.0203. The summed E-state index contributed by atoms with van der Waals surface area (Å²) < 4.78 is 43.7. The highest BCUT2D eigenvalue weighted by Gasteiger charge is 2.26. The van der Waals surface area contributed by atoms with Crippen LogP contribution in [0.5, 0.6) is 11.5 Å². The average Bonchev–Trinajstić information content (AvgIpc) is 2.87. The summed E-state index contributed by atoms with van der Waals surface area (Å²) in [5, 5.41) is 11.8. The number of amides is 1. The van der Waals surface area contributed by atoms with E-state index >= 15 is 0 Å². The first kappa shape index (κ1) is 25.6. The summed E-state index contributed by atoms with van der Waals surface area (Å²) >= 11 is 0. The maximum atomic E-state index is 14.0. The molecule has 0 heterocycles. The van der Waals surface area contributed by atoms with Crippen molar-refractivity contribution in [2.24, 2.45) is 0 Å². The van der Waals surface area contributed by atoms with Gasteiger partial charge in [0.1, 0.15) is 34.7 Å². The van der Waals surface area contributed by atoms with Gasteiger partial charge in [-0.05, 0) is 41.0 Å². The molecule has 0 bridgehead atoms. The number of ether oxygens (including phenoxy) is 3. The number of rotatable bonds is 9. The van der Waals surface area contributed by atoms with Crippen molar-refractivity contribution in [3.05, 3.63) is 82.9 Å². The highest BCUT2D eigenvalue weighted by Crippen LogP contribution is 2.39. The molecule has 3 aromatic rings. The lowest BCUT2D eigenvalue weighted by molar-refractivity contribution is -0.142. The number of aliphatic hydroxyl groups excluding tert-OH is 1. The van der Waals surface area contributed by atoms with E-state index in [-0.39, 0.29) is 13.0 Å². The first-order valence-corrected chi connectivity index (χ1v) is 10.6. The lowest BCUT2D eigenvalue weighted by Gasteiger charge is -2.18. The number of hydrogen-bond acceptors (Lipinski definition) is 6. The Kier molecular flexibility index (Phi) is 8.38. The molecule has 0 aliphatic heterocycles. The number of benzene rings is 3. The number of carbonyl (C=O) groups excluding carboxylic acids is 2. The molecule has 184 valence electrons. The van der Waals surface area contributed by atoms with Crippen molar-refractivity contribution in [3.63, 3.8) is 0 Å². The molecule has 0 radical (unpaired) electrons. The van der Waals surface area contributed by atoms with Crippen LogP contribution in [0.3, 0.4) is 0 Å². The van der Waals surface area contributed by atoms with Crippen LogP contribution in [0.15, 0.2) is 54.6 Å². The molecule has 1 amide bonds. The van der Waals surface area contributed by atoms with Gasteiger partial charge >= 0.3 is 5.97 Å². The standard InChI is InChI=1S/C26H25F2NO6/c1-33-21-12-16(14-30)13-22(34-2)23(21)17-9-7-15(8-10-17)11-20(26(32)35-3)29-25(31)24-18(27)5-4-6-19(24)28/h4-10,12-13,20,30H,11,14H2,1-3H3,(H,29,31)/t20-/m0/s1. The Bertz CT molecular complexity index is 1170. The Morgan fingerprint density at radius 3 is 1.97 bits per heavy atom. The maximum absolute atomic E-state index is 14.0. The fraction of sp³-hybridized carbons (Fsp3) is 0.231. The first-order valence-electron chi connectivity index (χ1n) is 10.6. The number of hydrogen-bond donors (Lipinski definition) is 2. The zero-order valence-corrected chi connectivity index (χ0v) is 19.4. The van der Waals surface area contributed by atoms with Crippen molar-refractivity contribution in [3.8, 4) is 22.6 Å². The fourth-order valence-electron chi connectivity index (χ4n) is 3.67. The maximum Gasteiger partial charge on any atom is 0.328 e. The number of methoxy groups -OCH3 is 3. The van der Waals surface area contributed by atoms with Gasteiger partial charge in [-0.1, -0.05) is 30.3 Å². The lowest BCUT2D eigenvalue weighted by atomic mass is 9.98. The van der Waals surface area contributed by atoms with E-state index in [1.807, 2.05) is 0 Å². The molecule has 35 heavy (non-hydrogen) atoms. The molecule has 0 aromatic heterocycles. The second-order valence-corrected chi connectivity index (χ2v) is 7.58. The third-order valence-electron chi connectivity index (χ3n) is 5.41. The molecule has 0 aliphatic rings. The van der Waals surface area contributed by atoms with Crippen LogP contribution in [-0.4, -0.2) is 44.4 Å². The van der Waals surface area contributed by atoms with Crippen LogP contribution in [0.2, 0.25) is 0 Å². The summed E-state index contributed by atoms with van der Waals surface area (Å²) in [6.45, 7) is -0.177. The zero-order chi connectivity index (χ0) is 25.5. The second kappa shape index (κ2) is 11.4. The summed E-state index contributed by atoms with van der Waals surface area (Å²) in [7, 11) is 4.18. The van der Waals surface area contributed by atoms with Crippen molar-refractivity contribution in [2.75, 3.05) is 21.3 Å². The minimum absolute atomic E-state index is 0.0203. The van der Waals surface area contributed by atoms with E-state index in [4.69, 9.17) is 14.2 Å². The van der Waals surface area contributed by atoms with Gasteiger partial charge in [0, 0.05) is 6.42 Å². The summed E-state index contributed by atoms with van der Waals surface area (Å²) in [5.74, 6) is -2.88. The molecular formula is C26H25F2NO6. The quantitative estimate of drug-likeness (QED) is 0.450. The van der Waals surface area contributed by atoms with Gasteiger partial charge in [-0.3, -0.25) is 4.79 Å². The van der Waals surface area contributed by atoms with Crippen molar-refractivity contribution in [1.82, 2.24) is 5.32 Å². The molecule has 7 nitrogen and oxygen atoms in total. The van der Waals surface area contributed by atoms with Gasteiger partial charge in [0.2, 0.25) is 0 Å². The van der Waals surface area contributed by atoms with Crippen LogP contribution in [0.1, 0.15) is 21.5 Å². The molecule has 3 aromatic carbocycles. The van der Waals surface area contributed by atoms with E-state index in [2.05, 4.69) is 5.32 Å². The molecule has 1 atom stereocenters. The summed E-state index contributed by atoms with van der Waals surface area (Å²) in [6, 6.07) is 12.3. The predicted octanol–water partition coefficient (Wildman–Crippen LogP) is 3.66. The van der Waals surface area contributed by atoms with Crippen LogP contribution in [0, 0.1) is 11.6 Å². The predicted molar refractivity (Wildman–Crippen MR) is 124 cm³/mol. The van der Waals surface area contributed by atoms with Crippen molar-refractivity contribution < 1.29 is 37.7 Å².